The average molecular weight is 837 g/mol. The van der Waals surface area contributed by atoms with E-state index in [-0.39, 0.29) is 0 Å². The number of hydrogen-bond acceptors (Lipinski definition) is 0. The van der Waals surface area contributed by atoms with Gasteiger partial charge in [-0.1, -0.05) is 255 Å². The molecule has 0 radical (unpaired) electrons. The monoisotopic (exact) mass is 836 g/mol. The molecule has 12 rings (SSSR count). The van der Waals surface area contributed by atoms with Crippen molar-refractivity contribution in [3.8, 4) is 89.0 Å². The predicted molar refractivity (Wildman–Crippen MR) is 282 cm³/mol. The van der Waals surface area contributed by atoms with Crippen LogP contribution in [0.15, 0.2) is 267 Å². The van der Waals surface area contributed by atoms with E-state index in [9.17, 15) is 0 Å². The quantitative estimate of drug-likeness (QED) is 0.134. The molecule has 0 bridgehead atoms. The number of hydrogen-bond donors (Lipinski definition) is 0. The van der Waals surface area contributed by atoms with Crippen LogP contribution in [0.5, 0.6) is 0 Å². The lowest BCUT2D eigenvalue weighted by atomic mass is 9.75. The van der Waals surface area contributed by atoms with Gasteiger partial charge >= 0.3 is 0 Å². The first-order valence-electron chi connectivity index (χ1n) is 22.9. The first kappa shape index (κ1) is 39.0. The molecule has 0 aliphatic heterocycles. The second kappa shape index (κ2) is 16.8. The molecule has 0 aliphatic rings. The molecule has 12 aromatic rings. The summed E-state index contributed by atoms with van der Waals surface area (Å²) in [6, 6.07) is 98.1. The van der Waals surface area contributed by atoms with E-state index in [0.29, 0.717) is 0 Å². The molecule has 0 heterocycles. The third-order valence-corrected chi connectivity index (χ3v) is 13.2. The molecular formula is C66H44. The van der Waals surface area contributed by atoms with Crippen molar-refractivity contribution in [1.82, 2.24) is 0 Å². The Kier molecular flexibility index (Phi) is 9.97. The zero-order valence-corrected chi connectivity index (χ0v) is 36.4. The molecule has 0 nitrogen and oxygen atoms in total. The van der Waals surface area contributed by atoms with Gasteiger partial charge in [0.05, 0.1) is 0 Å². The zero-order valence-electron chi connectivity index (χ0n) is 36.4. The Hall–Kier alpha value is -8.58. The molecular weight excluding hydrogens is 793 g/mol. The van der Waals surface area contributed by atoms with Gasteiger partial charge in [0.15, 0.2) is 0 Å². The van der Waals surface area contributed by atoms with E-state index in [4.69, 9.17) is 0 Å². The van der Waals surface area contributed by atoms with Gasteiger partial charge in [0, 0.05) is 0 Å². The van der Waals surface area contributed by atoms with Crippen LogP contribution in [0.4, 0.5) is 0 Å². The van der Waals surface area contributed by atoms with E-state index >= 15 is 0 Å². The van der Waals surface area contributed by atoms with Crippen molar-refractivity contribution in [2.45, 2.75) is 0 Å². The largest absolute Gasteiger partial charge is 0.0622 e. The standard InChI is InChI=1S/C66H44/c1-9-25-45(26-10-1)55-42-41-53-43-54-44-56-58(47-29-13-3-14-30-47)59(48-31-15-4-16-32-48)60(49-33-17-5-18-34-49)62(51-37-21-7-22-38-51)66(56)63(52-39-23-8-24-40-52)65(54)61(50-35-19-6-20-36-50)64(53)57(55)46-27-11-2-12-28-46/h1-44H. The second-order valence-corrected chi connectivity index (χ2v) is 17.0. The van der Waals surface area contributed by atoms with E-state index in [1.165, 1.54) is 121 Å². The van der Waals surface area contributed by atoms with Gasteiger partial charge in [-0.05, 0) is 133 Å². The Bertz CT molecular complexity index is 3660. The highest BCUT2D eigenvalue weighted by molar-refractivity contribution is 6.32. The fourth-order valence-corrected chi connectivity index (χ4v) is 10.5. The summed E-state index contributed by atoms with van der Waals surface area (Å²) in [7, 11) is 0. The van der Waals surface area contributed by atoms with Gasteiger partial charge < -0.3 is 0 Å². The molecule has 0 heteroatoms. The minimum absolute atomic E-state index is 1.17. The molecule has 0 fully saturated rings. The Morgan fingerprint density at radius 3 is 0.894 bits per heavy atom. The molecule has 0 spiro atoms. The highest BCUT2D eigenvalue weighted by Crippen LogP contribution is 2.57. The summed E-state index contributed by atoms with van der Waals surface area (Å²) in [5, 5.41) is 7.32. The molecule has 0 N–H and O–H groups in total. The van der Waals surface area contributed by atoms with Crippen LogP contribution in [0.1, 0.15) is 0 Å². The highest BCUT2D eigenvalue weighted by Gasteiger charge is 2.29. The third-order valence-electron chi connectivity index (χ3n) is 13.2. The smallest absolute Gasteiger partial charge is 0.000719 e. The number of benzene rings is 12. The van der Waals surface area contributed by atoms with Gasteiger partial charge in [-0.2, -0.15) is 0 Å². The molecule has 0 unspecified atom stereocenters. The molecule has 12 aromatic carbocycles. The Balaban J connectivity index is 1.42. The first-order chi connectivity index (χ1) is 32.8. The van der Waals surface area contributed by atoms with E-state index in [1.807, 2.05) is 0 Å². The van der Waals surface area contributed by atoms with Crippen molar-refractivity contribution < 1.29 is 0 Å². The van der Waals surface area contributed by atoms with Crippen molar-refractivity contribution in [3.63, 3.8) is 0 Å². The van der Waals surface area contributed by atoms with Gasteiger partial charge in [0.2, 0.25) is 0 Å². The van der Waals surface area contributed by atoms with Crippen LogP contribution < -0.4 is 0 Å². The first-order valence-corrected chi connectivity index (χ1v) is 22.9. The van der Waals surface area contributed by atoms with Crippen molar-refractivity contribution in [2.24, 2.45) is 0 Å². The zero-order chi connectivity index (χ0) is 43.8. The second-order valence-electron chi connectivity index (χ2n) is 17.0. The Labute approximate surface area is 386 Å². The van der Waals surface area contributed by atoms with Gasteiger partial charge in [-0.3, -0.25) is 0 Å². The lowest BCUT2D eigenvalue weighted by Gasteiger charge is -2.28. The van der Waals surface area contributed by atoms with Gasteiger partial charge in [-0.15, -0.1) is 0 Å². The SMILES string of the molecule is c1ccc(-c2ccc3cc4cc5c(-c6ccccc6)c(-c6ccccc6)c(-c6ccccc6)c(-c6ccccc6)c5c(-c5ccccc5)c4c(-c4ccccc4)c3c2-c2ccccc2)cc1. The lowest BCUT2D eigenvalue weighted by Crippen LogP contribution is -2.00. The van der Waals surface area contributed by atoms with Gasteiger partial charge in [-0.25, -0.2) is 0 Å². The summed E-state index contributed by atoms with van der Waals surface area (Å²) >= 11 is 0. The Morgan fingerprint density at radius 1 is 0.167 bits per heavy atom. The predicted octanol–water partition coefficient (Wildman–Crippen LogP) is 18.5. The summed E-state index contributed by atoms with van der Waals surface area (Å²) in [5.74, 6) is 0. The fraction of sp³-hybridized carbons (Fsp3) is 0. The number of rotatable bonds is 8. The van der Waals surface area contributed by atoms with Crippen LogP contribution in [0.3, 0.4) is 0 Å². The van der Waals surface area contributed by atoms with Crippen LogP contribution in [0, 0.1) is 0 Å². The molecule has 0 atom stereocenters. The van der Waals surface area contributed by atoms with E-state index in [0.717, 1.165) is 0 Å². The Morgan fingerprint density at radius 2 is 0.470 bits per heavy atom. The molecule has 0 amide bonds. The summed E-state index contributed by atoms with van der Waals surface area (Å²) in [4.78, 5) is 0. The molecule has 308 valence electrons. The topological polar surface area (TPSA) is 0 Å². The van der Waals surface area contributed by atoms with E-state index in [2.05, 4.69) is 267 Å². The molecule has 0 aromatic heterocycles. The van der Waals surface area contributed by atoms with Crippen LogP contribution in [-0.2, 0) is 0 Å². The van der Waals surface area contributed by atoms with Gasteiger partial charge in [0.1, 0.15) is 0 Å². The average Bonchev–Trinajstić information content (AvgIpc) is 3.40. The van der Waals surface area contributed by atoms with Crippen LogP contribution in [0.2, 0.25) is 0 Å². The van der Waals surface area contributed by atoms with Crippen molar-refractivity contribution in [2.75, 3.05) is 0 Å². The van der Waals surface area contributed by atoms with E-state index < -0.39 is 0 Å². The molecule has 0 saturated heterocycles. The van der Waals surface area contributed by atoms with Crippen LogP contribution in [0.25, 0.3) is 121 Å². The van der Waals surface area contributed by atoms with Crippen LogP contribution >= 0.6 is 0 Å². The minimum Gasteiger partial charge on any atom is -0.0622 e. The molecule has 66 heavy (non-hydrogen) atoms. The van der Waals surface area contributed by atoms with Crippen LogP contribution in [-0.4, -0.2) is 0 Å². The fourth-order valence-electron chi connectivity index (χ4n) is 10.5. The lowest BCUT2D eigenvalue weighted by molar-refractivity contribution is 1.57. The summed E-state index contributed by atoms with van der Waals surface area (Å²) in [6.45, 7) is 0. The summed E-state index contributed by atoms with van der Waals surface area (Å²) in [5.41, 5.74) is 19.2. The van der Waals surface area contributed by atoms with E-state index in [1.54, 1.807) is 0 Å². The maximum atomic E-state index is 2.52. The van der Waals surface area contributed by atoms with Gasteiger partial charge in [0.25, 0.3) is 0 Å². The third kappa shape index (κ3) is 6.71. The maximum Gasteiger partial charge on any atom is -0.000719 e. The van der Waals surface area contributed by atoms with Crippen molar-refractivity contribution in [3.05, 3.63) is 267 Å². The minimum atomic E-state index is 1.17. The normalized spacial score (nSPS) is 11.3. The van der Waals surface area contributed by atoms with Crippen molar-refractivity contribution >= 4 is 32.3 Å². The maximum absolute atomic E-state index is 2.52. The van der Waals surface area contributed by atoms with Crippen molar-refractivity contribution in [1.29, 1.82) is 0 Å². The molecule has 0 aliphatic carbocycles. The highest BCUT2D eigenvalue weighted by atomic mass is 14.3. The summed E-state index contributed by atoms with van der Waals surface area (Å²) in [6.07, 6.45) is 0. The summed E-state index contributed by atoms with van der Waals surface area (Å²) < 4.78 is 0. The number of fused-ring (bicyclic) bond motifs is 3. The molecule has 0 saturated carbocycles.